The molecular weight excluding hydrogens is 320 g/mol. The van der Waals surface area contributed by atoms with Crippen molar-refractivity contribution in [3.63, 3.8) is 0 Å². The van der Waals surface area contributed by atoms with Gasteiger partial charge >= 0.3 is 0 Å². The molecule has 4 heteroatoms. The Hall–Kier alpha value is -1.52. The number of hydrogen-bond acceptors (Lipinski definition) is 4. The second-order valence-corrected chi connectivity index (χ2v) is 7.65. The Labute approximate surface area is 149 Å². The molecule has 0 aliphatic heterocycles. The van der Waals surface area contributed by atoms with E-state index in [1.54, 1.807) is 13.2 Å². The number of carbonyl (C=O) groups excluding carboxylic acids is 1. The lowest BCUT2D eigenvalue weighted by molar-refractivity contribution is -0.134. The van der Waals surface area contributed by atoms with Crippen molar-refractivity contribution in [2.75, 3.05) is 13.7 Å². The van der Waals surface area contributed by atoms with Gasteiger partial charge in [-0.3, -0.25) is 4.79 Å². The van der Waals surface area contributed by atoms with Gasteiger partial charge in [-0.2, -0.15) is 0 Å². The molecule has 1 saturated carbocycles. The molecular formula is C20H26O3S. The lowest BCUT2D eigenvalue weighted by Crippen LogP contribution is -2.45. The number of rotatable bonds is 4. The number of allylic oxidation sites excluding steroid dienone is 2. The van der Waals surface area contributed by atoms with Crippen molar-refractivity contribution in [2.45, 2.75) is 32.1 Å². The Balaban J connectivity index is 2.42. The van der Waals surface area contributed by atoms with E-state index in [4.69, 9.17) is 4.74 Å². The molecule has 0 aromatic heterocycles. The van der Waals surface area contributed by atoms with E-state index in [2.05, 4.69) is 25.8 Å². The maximum atomic E-state index is 13.2. The van der Waals surface area contributed by atoms with Crippen LogP contribution in [0.4, 0.5) is 0 Å². The van der Waals surface area contributed by atoms with Gasteiger partial charge in [0.2, 0.25) is 0 Å². The first-order chi connectivity index (χ1) is 11.1. The molecule has 0 amide bonds. The predicted molar refractivity (Wildman–Crippen MR) is 101 cm³/mol. The van der Waals surface area contributed by atoms with E-state index >= 15 is 0 Å². The minimum atomic E-state index is -0.510. The van der Waals surface area contributed by atoms with Crippen molar-refractivity contribution in [1.82, 2.24) is 0 Å². The first kappa shape index (κ1) is 18.8. The highest BCUT2D eigenvalue weighted by Crippen LogP contribution is 2.47. The topological polar surface area (TPSA) is 46.5 Å². The number of Topliss-reactive ketones (excluding diaryl/α,β-unsaturated/α-hetero) is 1. The molecule has 24 heavy (non-hydrogen) atoms. The quantitative estimate of drug-likeness (QED) is 0.626. The molecule has 2 rings (SSSR count). The molecule has 0 saturated heterocycles. The smallest absolute Gasteiger partial charge is 0.150 e. The molecule has 0 bridgehead atoms. The molecule has 1 aromatic carbocycles. The van der Waals surface area contributed by atoms with Crippen molar-refractivity contribution in [1.29, 1.82) is 0 Å². The fourth-order valence-electron chi connectivity index (χ4n) is 3.51. The summed E-state index contributed by atoms with van der Waals surface area (Å²) < 4.78 is 5.28. The zero-order valence-electron chi connectivity index (χ0n) is 14.8. The standard InChI is InChI=1S/C20H26O3S/c1-11-9-14(10-23-6)20(4,5)19(22)17(11)12(2)15-7-8-16(24)18(21)13(15)3/h7-8,14,17,21,24H,1-2,9-10H2,3-6H3. The fraction of sp³-hybridized carbons (Fsp3) is 0.450. The summed E-state index contributed by atoms with van der Waals surface area (Å²) in [7, 11) is 1.65. The Kier molecular flexibility index (Phi) is 5.31. The van der Waals surface area contributed by atoms with Crippen LogP contribution in [-0.4, -0.2) is 24.6 Å². The van der Waals surface area contributed by atoms with Crippen LogP contribution in [0.3, 0.4) is 0 Å². The molecule has 1 aliphatic carbocycles. The summed E-state index contributed by atoms with van der Waals surface area (Å²) >= 11 is 4.23. The highest BCUT2D eigenvalue weighted by atomic mass is 32.1. The molecule has 1 aliphatic rings. The third-order valence-corrected chi connectivity index (χ3v) is 5.67. The number of thiol groups is 1. The summed E-state index contributed by atoms with van der Waals surface area (Å²) in [5, 5.41) is 10.1. The van der Waals surface area contributed by atoms with Gasteiger partial charge in [-0.05, 0) is 42.0 Å². The van der Waals surface area contributed by atoms with Gasteiger partial charge < -0.3 is 9.84 Å². The molecule has 3 nitrogen and oxygen atoms in total. The summed E-state index contributed by atoms with van der Waals surface area (Å²) in [4.78, 5) is 13.7. The molecule has 2 atom stereocenters. The summed E-state index contributed by atoms with van der Waals surface area (Å²) in [6.45, 7) is 14.6. The van der Waals surface area contributed by atoms with Gasteiger partial charge in [-0.1, -0.05) is 38.6 Å². The van der Waals surface area contributed by atoms with E-state index in [1.807, 2.05) is 26.8 Å². The third kappa shape index (κ3) is 3.05. The number of benzene rings is 1. The van der Waals surface area contributed by atoms with Crippen molar-refractivity contribution < 1.29 is 14.6 Å². The maximum Gasteiger partial charge on any atom is 0.150 e. The van der Waals surface area contributed by atoms with Crippen LogP contribution < -0.4 is 0 Å². The largest absolute Gasteiger partial charge is 0.506 e. The second-order valence-electron chi connectivity index (χ2n) is 7.16. The van der Waals surface area contributed by atoms with Gasteiger partial charge in [0, 0.05) is 17.4 Å². The number of ether oxygens (including phenoxy) is 1. The zero-order chi connectivity index (χ0) is 18.2. The highest BCUT2D eigenvalue weighted by Gasteiger charge is 2.47. The number of aromatic hydroxyl groups is 1. The van der Waals surface area contributed by atoms with Gasteiger partial charge in [0.1, 0.15) is 11.5 Å². The van der Waals surface area contributed by atoms with Crippen molar-refractivity contribution in [2.24, 2.45) is 17.3 Å². The minimum absolute atomic E-state index is 0.111. The van der Waals surface area contributed by atoms with E-state index < -0.39 is 11.3 Å². The monoisotopic (exact) mass is 346 g/mol. The van der Waals surface area contributed by atoms with Crippen molar-refractivity contribution >= 4 is 24.0 Å². The molecule has 1 aromatic rings. The first-order valence-electron chi connectivity index (χ1n) is 8.04. The van der Waals surface area contributed by atoms with Gasteiger partial charge in [0.05, 0.1) is 12.5 Å². The molecule has 1 fully saturated rings. The van der Waals surface area contributed by atoms with E-state index in [0.717, 1.165) is 17.6 Å². The lowest BCUT2D eigenvalue weighted by atomic mass is 9.60. The number of hydrogen-bond donors (Lipinski definition) is 2. The third-order valence-electron chi connectivity index (χ3n) is 5.31. The SMILES string of the molecule is C=C1CC(COC)C(C)(C)C(=O)C1C(=C)c1ccc(S)c(O)c1C. The summed E-state index contributed by atoms with van der Waals surface area (Å²) in [6, 6.07) is 3.58. The van der Waals surface area contributed by atoms with E-state index in [1.165, 1.54) is 0 Å². The van der Waals surface area contributed by atoms with E-state index in [0.29, 0.717) is 22.6 Å². The second kappa shape index (κ2) is 6.77. The molecule has 2 unspecified atom stereocenters. The number of phenols is 1. The van der Waals surface area contributed by atoms with Crippen molar-refractivity contribution in [3.05, 3.63) is 42.0 Å². The zero-order valence-corrected chi connectivity index (χ0v) is 15.7. The average Bonchev–Trinajstić information content (AvgIpc) is 2.51. The predicted octanol–water partition coefficient (Wildman–Crippen LogP) is 4.44. The highest BCUT2D eigenvalue weighted by molar-refractivity contribution is 7.80. The molecule has 0 radical (unpaired) electrons. The first-order valence-corrected chi connectivity index (χ1v) is 8.49. The maximum absolute atomic E-state index is 13.2. The van der Waals surface area contributed by atoms with E-state index in [-0.39, 0.29) is 17.5 Å². The van der Waals surface area contributed by atoms with Crippen LogP contribution >= 0.6 is 12.6 Å². The number of phenolic OH excluding ortho intramolecular Hbond substituents is 1. The Bertz CT molecular complexity index is 703. The van der Waals surface area contributed by atoms with Crippen LogP contribution in [0.15, 0.2) is 35.8 Å². The average molecular weight is 346 g/mol. The normalized spacial score (nSPS) is 23.4. The Morgan fingerprint density at radius 3 is 2.67 bits per heavy atom. The summed E-state index contributed by atoms with van der Waals surface area (Å²) in [5.74, 6) is -0.0835. The van der Waals surface area contributed by atoms with Crippen molar-refractivity contribution in [3.8, 4) is 5.75 Å². The summed E-state index contributed by atoms with van der Waals surface area (Å²) in [5.41, 5.74) is 2.51. The molecule has 0 heterocycles. The van der Waals surface area contributed by atoms with Crippen LogP contribution in [-0.2, 0) is 9.53 Å². The Morgan fingerprint density at radius 2 is 2.08 bits per heavy atom. The number of carbonyl (C=O) groups is 1. The minimum Gasteiger partial charge on any atom is -0.506 e. The number of methoxy groups -OCH3 is 1. The van der Waals surface area contributed by atoms with E-state index in [9.17, 15) is 9.90 Å². The molecule has 1 N–H and O–H groups in total. The lowest BCUT2D eigenvalue weighted by Gasteiger charge is -2.42. The molecule has 0 spiro atoms. The van der Waals surface area contributed by atoms with Crippen LogP contribution in [0.25, 0.3) is 5.57 Å². The number of ketones is 1. The van der Waals surface area contributed by atoms with Gasteiger partial charge in [-0.15, -0.1) is 12.6 Å². The van der Waals surface area contributed by atoms with Crippen LogP contribution in [0.2, 0.25) is 0 Å². The summed E-state index contributed by atoms with van der Waals surface area (Å²) in [6.07, 6.45) is 0.728. The molecule has 130 valence electrons. The van der Waals surface area contributed by atoms with Gasteiger partial charge in [0.25, 0.3) is 0 Å². The fourth-order valence-corrected chi connectivity index (χ4v) is 3.75. The van der Waals surface area contributed by atoms with Gasteiger partial charge in [-0.25, -0.2) is 0 Å². The van der Waals surface area contributed by atoms with Crippen LogP contribution in [0, 0.1) is 24.2 Å². The Morgan fingerprint density at radius 1 is 1.46 bits per heavy atom. The van der Waals surface area contributed by atoms with Crippen LogP contribution in [0.1, 0.15) is 31.4 Å². The van der Waals surface area contributed by atoms with Crippen LogP contribution in [0.5, 0.6) is 5.75 Å². The van der Waals surface area contributed by atoms with Gasteiger partial charge in [0.15, 0.2) is 0 Å².